The van der Waals surface area contributed by atoms with Crippen molar-refractivity contribution in [3.05, 3.63) is 36.0 Å². The smallest absolute Gasteiger partial charge is 0.0395 e. The summed E-state index contributed by atoms with van der Waals surface area (Å²) in [5.74, 6) is 0. The predicted molar refractivity (Wildman–Crippen MR) is 54.7 cm³/mol. The summed E-state index contributed by atoms with van der Waals surface area (Å²) in [7, 11) is 0. The Balaban J connectivity index is 0. The lowest BCUT2D eigenvalue weighted by molar-refractivity contribution is 1.33. The van der Waals surface area contributed by atoms with Gasteiger partial charge in [0.2, 0.25) is 0 Å². The summed E-state index contributed by atoms with van der Waals surface area (Å²) in [4.78, 5) is 0. The average molecular weight is 152 g/mol. The van der Waals surface area contributed by atoms with Gasteiger partial charge in [-0.1, -0.05) is 44.2 Å². The number of hydrogen-bond donors (Lipinski definition) is 0. The molecular formula is C11H20. The van der Waals surface area contributed by atoms with Crippen LogP contribution in [0.1, 0.15) is 34.6 Å². The van der Waals surface area contributed by atoms with E-state index >= 15 is 0 Å². The molecule has 0 spiro atoms. The van der Waals surface area contributed by atoms with Gasteiger partial charge >= 0.3 is 0 Å². The fraction of sp³-hybridized carbons (Fsp3) is 0.455. The van der Waals surface area contributed by atoms with Crippen molar-refractivity contribution in [2.24, 2.45) is 0 Å². The first kappa shape index (κ1) is 12.9. The van der Waals surface area contributed by atoms with Gasteiger partial charge < -0.3 is 0 Å². The second-order valence-corrected chi connectivity index (χ2v) is 2.06. The maximum absolute atomic E-state index is 3.61. The van der Waals surface area contributed by atoms with Gasteiger partial charge in [-0.2, -0.15) is 0 Å². The van der Waals surface area contributed by atoms with Crippen LogP contribution in [-0.4, -0.2) is 0 Å². The average Bonchev–Trinajstić information content (AvgIpc) is 2.07. The van der Waals surface area contributed by atoms with Gasteiger partial charge in [-0.3, -0.25) is 0 Å². The van der Waals surface area contributed by atoms with Crippen LogP contribution in [0.3, 0.4) is 0 Å². The Morgan fingerprint density at radius 3 is 1.82 bits per heavy atom. The highest BCUT2D eigenvalue weighted by Gasteiger charge is 1.85. The highest BCUT2D eigenvalue weighted by Crippen LogP contribution is 2.06. The fourth-order valence-electron chi connectivity index (χ4n) is 0.536. The Hall–Kier alpha value is -0.780. The standard InChI is InChI=1S/C9H14.C2H6/c1-5-7-9(4)8(3)6-2;1-2/h5-7H,1H2,2-4H3;1-2H3/b8-6+,9-7+;. The predicted octanol–water partition coefficient (Wildman–Crippen LogP) is 4.11. The third-order valence-electron chi connectivity index (χ3n) is 1.42. The minimum atomic E-state index is 1.28. The van der Waals surface area contributed by atoms with E-state index in [-0.39, 0.29) is 0 Å². The topological polar surface area (TPSA) is 0 Å². The van der Waals surface area contributed by atoms with Crippen molar-refractivity contribution in [3.63, 3.8) is 0 Å². The second-order valence-electron chi connectivity index (χ2n) is 2.06. The van der Waals surface area contributed by atoms with E-state index in [0.29, 0.717) is 0 Å². The zero-order valence-corrected chi connectivity index (χ0v) is 8.44. The van der Waals surface area contributed by atoms with E-state index in [1.165, 1.54) is 11.1 Å². The van der Waals surface area contributed by atoms with E-state index in [4.69, 9.17) is 0 Å². The fourth-order valence-corrected chi connectivity index (χ4v) is 0.536. The van der Waals surface area contributed by atoms with Crippen LogP contribution in [0, 0.1) is 0 Å². The van der Waals surface area contributed by atoms with Crippen LogP contribution in [0.4, 0.5) is 0 Å². The third-order valence-corrected chi connectivity index (χ3v) is 1.42. The Bertz CT molecular complexity index is 147. The van der Waals surface area contributed by atoms with Gasteiger partial charge in [-0.15, -0.1) is 0 Å². The second kappa shape index (κ2) is 9.22. The number of allylic oxidation sites excluding steroid dienone is 5. The summed E-state index contributed by atoms with van der Waals surface area (Å²) in [6.45, 7) is 13.8. The maximum Gasteiger partial charge on any atom is -0.0395 e. The Morgan fingerprint density at radius 1 is 1.09 bits per heavy atom. The van der Waals surface area contributed by atoms with Crippen LogP contribution in [-0.2, 0) is 0 Å². The Morgan fingerprint density at radius 2 is 1.55 bits per heavy atom. The summed E-state index contributed by atoms with van der Waals surface area (Å²) in [6, 6.07) is 0. The SMILES string of the molecule is C=C/C=C(C)/C(C)=C/C.CC. The highest BCUT2D eigenvalue weighted by molar-refractivity contribution is 5.28. The molecule has 64 valence electrons. The molecule has 0 heteroatoms. The molecule has 0 saturated heterocycles. The molecule has 0 aromatic heterocycles. The lowest BCUT2D eigenvalue weighted by Gasteiger charge is -1.95. The summed E-state index contributed by atoms with van der Waals surface area (Å²) >= 11 is 0. The van der Waals surface area contributed by atoms with Crippen molar-refractivity contribution in [1.82, 2.24) is 0 Å². The Kier molecular flexibility index (Phi) is 10.8. The zero-order valence-electron chi connectivity index (χ0n) is 8.44. The van der Waals surface area contributed by atoms with Gasteiger partial charge in [0, 0.05) is 0 Å². The van der Waals surface area contributed by atoms with Gasteiger partial charge in [-0.25, -0.2) is 0 Å². The summed E-state index contributed by atoms with van der Waals surface area (Å²) in [5, 5.41) is 0. The molecule has 0 bridgehead atoms. The quantitative estimate of drug-likeness (QED) is 0.522. The number of hydrogen-bond acceptors (Lipinski definition) is 0. The summed E-state index contributed by atoms with van der Waals surface area (Å²) in [6.07, 6.45) is 5.91. The first-order valence-corrected chi connectivity index (χ1v) is 4.15. The van der Waals surface area contributed by atoms with E-state index in [9.17, 15) is 0 Å². The molecule has 0 aliphatic rings. The molecule has 0 unspecified atom stereocenters. The molecule has 0 aliphatic heterocycles. The zero-order chi connectivity index (χ0) is 9.28. The molecule has 11 heavy (non-hydrogen) atoms. The minimum Gasteiger partial charge on any atom is -0.0991 e. The summed E-state index contributed by atoms with van der Waals surface area (Å²) in [5.41, 5.74) is 2.60. The molecule has 0 amide bonds. The van der Waals surface area contributed by atoms with Crippen molar-refractivity contribution >= 4 is 0 Å². The van der Waals surface area contributed by atoms with Crippen molar-refractivity contribution < 1.29 is 0 Å². The molecule has 0 aromatic carbocycles. The molecule has 0 aliphatic carbocycles. The third kappa shape index (κ3) is 7.11. The molecule has 0 nitrogen and oxygen atoms in total. The largest absolute Gasteiger partial charge is 0.0991 e. The summed E-state index contributed by atoms with van der Waals surface area (Å²) < 4.78 is 0. The van der Waals surface area contributed by atoms with Gasteiger partial charge in [0.15, 0.2) is 0 Å². The van der Waals surface area contributed by atoms with Gasteiger partial charge in [-0.05, 0) is 26.3 Å². The van der Waals surface area contributed by atoms with Crippen LogP contribution in [0.5, 0.6) is 0 Å². The van der Waals surface area contributed by atoms with E-state index in [1.807, 2.05) is 32.9 Å². The molecular weight excluding hydrogens is 132 g/mol. The van der Waals surface area contributed by atoms with Crippen LogP contribution < -0.4 is 0 Å². The molecule has 0 rings (SSSR count). The van der Waals surface area contributed by atoms with E-state index in [2.05, 4.69) is 26.5 Å². The van der Waals surface area contributed by atoms with E-state index in [0.717, 1.165) is 0 Å². The van der Waals surface area contributed by atoms with Gasteiger partial charge in [0.05, 0.1) is 0 Å². The van der Waals surface area contributed by atoms with Crippen LogP contribution >= 0.6 is 0 Å². The van der Waals surface area contributed by atoms with Gasteiger partial charge in [0.25, 0.3) is 0 Å². The molecule has 0 fully saturated rings. The van der Waals surface area contributed by atoms with E-state index in [1.54, 1.807) is 0 Å². The van der Waals surface area contributed by atoms with Crippen molar-refractivity contribution in [3.8, 4) is 0 Å². The molecule has 0 atom stereocenters. The van der Waals surface area contributed by atoms with Crippen LogP contribution in [0.25, 0.3) is 0 Å². The Labute approximate surface area is 71.3 Å². The normalized spacial score (nSPS) is 11.7. The lowest BCUT2D eigenvalue weighted by atomic mass is 10.1. The maximum atomic E-state index is 3.61. The first-order valence-electron chi connectivity index (χ1n) is 4.15. The minimum absolute atomic E-state index is 1.28. The first-order chi connectivity index (χ1) is 5.22. The molecule has 0 saturated carbocycles. The van der Waals surface area contributed by atoms with Crippen LogP contribution in [0.15, 0.2) is 36.0 Å². The van der Waals surface area contributed by atoms with Crippen LogP contribution in [0.2, 0.25) is 0 Å². The highest BCUT2D eigenvalue weighted by atomic mass is 13.9. The van der Waals surface area contributed by atoms with Crippen molar-refractivity contribution in [2.45, 2.75) is 34.6 Å². The number of rotatable bonds is 2. The molecule has 0 radical (unpaired) electrons. The molecule has 0 N–H and O–H groups in total. The van der Waals surface area contributed by atoms with Gasteiger partial charge in [0.1, 0.15) is 0 Å². The van der Waals surface area contributed by atoms with Crippen molar-refractivity contribution in [2.75, 3.05) is 0 Å². The molecule has 0 aromatic rings. The van der Waals surface area contributed by atoms with Crippen molar-refractivity contribution in [1.29, 1.82) is 0 Å². The molecule has 0 heterocycles. The van der Waals surface area contributed by atoms with E-state index < -0.39 is 0 Å². The lowest BCUT2D eigenvalue weighted by Crippen LogP contribution is -1.75. The monoisotopic (exact) mass is 152 g/mol.